The number of hydrogen-bond acceptors (Lipinski definition) is 5. The number of benzene rings is 1. The summed E-state index contributed by atoms with van der Waals surface area (Å²) >= 11 is 0. The van der Waals surface area contributed by atoms with Crippen LogP contribution in [0.15, 0.2) is 29.2 Å². The van der Waals surface area contributed by atoms with E-state index in [2.05, 4.69) is 4.72 Å². The second-order valence-electron chi connectivity index (χ2n) is 6.33. The second kappa shape index (κ2) is 7.11. The Morgan fingerprint density at radius 3 is 2.17 bits per heavy atom. The monoisotopic (exact) mass is 338 g/mol. The zero-order valence-corrected chi connectivity index (χ0v) is 14.8. The lowest BCUT2D eigenvalue weighted by atomic mass is 9.87. The maximum Gasteiger partial charge on any atom is 0.325 e. The first-order chi connectivity index (χ1) is 10.5. The highest BCUT2D eigenvalue weighted by molar-refractivity contribution is 7.89. The number of hydrogen-bond donors (Lipinski definition) is 1. The summed E-state index contributed by atoms with van der Waals surface area (Å²) in [5, 5.41) is 8.60. The van der Waals surface area contributed by atoms with Gasteiger partial charge in [-0.25, -0.2) is 8.42 Å². The molecule has 0 fully saturated rings. The lowest BCUT2D eigenvalue weighted by Crippen LogP contribution is -2.40. The molecule has 0 saturated carbocycles. The summed E-state index contributed by atoms with van der Waals surface area (Å²) in [4.78, 5) is 11.8. The molecule has 0 unspecified atom stereocenters. The molecule has 0 aliphatic carbocycles. The molecule has 0 aromatic heterocycles. The first-order valence-electron chi connectivity index (χ1n) is 7.20. The van der Waals surface area contributed by atoms with Gasteiger partial charge in [-0.15, -0.1) is 0 Å². The topological polar surface area (TPSA) is 96.3 Å². The van der Waals surface area contributed by atoms with Crippen molar-refractivity contribution < 1.29 is 17.9 Å². The van der Waals surface area contributed by atoms with Gasteiger partial charge in [0.1, 0.15) is 12.1 Å². The maximum absolute atomic E-state index is 12.3. The third-order valence-electron chi connectivity index (χ3n) is 3.19. The zero-order chi connectivity index (χ0) is 17.8. The molecule has 1 aromatic rings. The van der Waals surface area contributed by atoms with Crippen LogP contribution in [0.1, 0.15) is 40.2 Å². The van der Waals surface area contributed by atoms with Gasteiger partial charge in [0.05, 0.1) is 4.90 Å². The quantitative estimate of drug-likeness (QED) is 0.829. The Bertz CT molecular complexity index is 697. The molecule has 1 rings (SSSR count). The molecular formula is C16H22N2O4S. The standard InChI is InChI=1S/C16H22N2O4S/c1-11(10-17)22-15(19)12(2)18-23(20,21)14-8-6-13(7-9-14)16(3,4)5/h6-9,11-12,18H,1-5H3/t11-,12+/m1/s1. The summed E-state index contributed by atoms with van der Waals surface area (Å²) in [6.07, 6.45) is -0.930. The molecule has 0 bridgehead atoms. The molecule has 1 aromatic carbocycles. The number of ether oxygens (including phenoxy) is 1. The van der Waals surface area contributed by atoms with Gasteiger partial charge in [-0.05, 0) is 37.0 Å². The van der Waals surface area contributed by atoms with E-state index < -0.39 is 28.1 Å². The van der Waals surface area contributed by atoms with Crippen LogP contribution in [-0.4, -0.2) is 26.5 Å². The van der Waals surface area contributed by atoms with Gasteiger partial charge in [-0.3, -0.25) is 4.79 Å². The largest absolute Gasteiger partial charge is 0.446 e. The Labute approximate surface area is 137 Å². The molecule has 0 amide bonds. The number of nitrogens with zero attached hydrogens (tertiary/aromatic N) is 1. The van der Waals surface area contributed by atoms with Gasteiger partial charge in [0.15, 0.2) is 6.10 Å². The fourth-order valence-electron chi connectivity index (χ4n) is 1.79. The second-order valence-corrected chi connectivity index (χ2v) is 8.04. The van der Waals surface area contributed by atoms with Crippen LogP contribution in [-0.2, 0) is 25.0 Å². The summed E-state index contributed by atoms with van der Waals surface area (Å²) in [5.74, 6) is -0.797. The molecule has 0 radical (unpaired) electrons. The lowest BCUT2D eigenvalue weighted by molar-refractivity contribution is -0.147. The Morgan fingerprint density at radius 2 is 1.74 bits per heavy atom. The predicted octanol–water partition coefficient (Wildman–Crippen LogP) is 2.11. The molecule has 23 heavy (non-hydrogen) atoms. The normalized spacial score (nSPS) is 14.6. The van der Waals surface area contributed by atoms with Crippen LogP contribution in [0.4, 0.5) is 0 Å². The third kappa shape index (κ3) is 5.34. The number of carbonyl (C=O) groups is 1. The van der Waals surface area contributed by atoms with Gasteiger partial charge in [-0.1, -0.05) is 32.9 Å². The first-order valence-corrected chi connectivity index (χ1v) is 8.68. The summed E-state index contributed by atoms with van der Waals surface area (Å²) in [5.41, 5.74) is 0.923. The van der Waals surface area contributed by atoms with Gasteiger partial charge in [0, 0.05) is 0 Å². The van der Waals surface area contributed by atoms with E-state index in [-0.39, 0.29) is 10.3 Å². The van der Waals surface area contributed by atoms with E-state index in [9.17, 15) is 13.2 Å². The highest BCUT2D eigenvalue weighted by Crippen LogP contribution is 2.23. The average Bonchev–Trinajstić information content (AvgIpc) is 2.45. The molecule has 0 saturated heterocycles. The predicted molar refractivity (Wildman–Crippen MR) is 86.1 cm³/mol. The maximum atomic E-state index is 12.3. The van der Waals surface area contributed by atoms with E-state index in [1.807, 2.05) is 20.8 Å². The van der Waals surface area contributed by atoms with Crippen molar-refractivity contribution in [3.05, 3.63) is 29.8 Å². The van der Waals surface area contributed by atoms with E-state index in [4.69, 9.17) is 10.00 Å². The molecule has 7 heteroatoms. The molecule has 2 atom stereocenters. The number of carbonyl (C=O) groups excluding carboxylic acids is 1. The fourth-order valence-corrected chi connectivity index (χ4v) is 2.98. The highest BCUT2D eigenvalue weighted by Gasteiger charge is 2.24. The smallest absolute Gasteiger partial charge is 0.325 e. The summed E-state index contributed by atoms with van der Waals surface area (Å²) in [6, 6.07) is 7.15. The van der Waals surface area contributed by atoms with Crippen molar-refractivity contribution in [2.24, 2.45) is 0 Å². The van der Waals surface area contributed by atoms with Crippen LogP contribution < -0.4 is 4.72 Å². The van der Waals surface area contributed by atoms with E-state index >= 15 is 0 Å². The van der Waals surface area contributed by atoms with E-state index in [1.165, 1.54) is 26.0 Å². The molecule has 126 valence electrons. The minimum Gasteiger partial charge on any atom is -0.446 e. The van der Waals surface area contributed by atoms with Crippen LogP contribution in [0.25, 0.3) is 0 Å². The molecule has 0 aliphatic rings. The minimum absolute atomic E-state index is 0.0680. The zero-order valence-electron chi connectivity index (χ0n) is 14.0. The van der Waals surface area contributed by atoms with Crippen LogP contribution in [0.3, 0.4) is 0 Å². The molecule has 0 aliphatic heterocycles. The van der Waals surface area contributed by atoms with Crippen LogP contribution in [0, 0.1) is 11.3 Å². The van der Waals surface area contributed by atoms with Gasteiger partial charge in [0.25, 0.3) is 0 Å². The molecule has 1 N–H and O–H groups in total. The number of esters is 1. The van der Waals surface area contributed by atoms with Crippen LogP contribution >= 0.6 is 0 Å². The van der Waals surface area contributed by atoms with Crippen molar-refractivity contribution in [2.45, 2.75) is 57.1 Å². The molecule has 6 nitrogen and oxygen atoms in total. The van der Waals surface area contributed by atoms with Crippen molar-refractivity contribution >= 4 is 16.0 Å². The first kappa shape index (κ1) is 19.1. The Balaban J connectivity index is 2.87. The highest BCUT2D eigenvalue weighted by atomic mass is 32.2. The van der Waals surface area contributed by atoms with Crippen molar-refractivity contribution in [2.75, 3.05) is 0 Å². The van der Waals surface area contributed by atoms with Crippen molar-refractivity contribution in [3.8, 4) is 6.07 Å². The summed E-state index contributed by atoms with van der Waals surface area (Å²) in [6.45, 7) is 8.87. The molecule has 0 heterocycles. The lowest BCUT2D eigenvalue weighted by Gasteiger charge is -2.19. The number of nitriles is 1. The summed E-state index contributed by atoms with van der Waals surface area (Å²) in [7, 11) is -3.84. The number of sulfonamides is 1. The van der Waals surface area contributed by atoms with Gasteiger partial charge in [0.2, 0.25) is 10.0 Å². The van der Waals surface area contributed by atoms with Crippen LogP contribution in [0.2, 0.25) is 0 Å². The van der Waals surface area contributed by atoms with Crippen molar-refractivity contribution in [3.63, 3.8) is 0 Å². The minimum atomic E-state index is -3.84. The Kier molecular flexibility index (Phi) is 5.92. The third-order valence-corrected chi connectivity index (χ3v) is 4.75. The van der Waals surface area contributed by atoms with E-state index in [1.54, 1.807) is 18.2 Å². The van der Waals surface area contributed by atoms with Crippen LogP contribution in [0.5, 0.6) is 0 Å². The van der Waals surface area contributed by atoms with E-state index in [0.29, 0.717) is 0 Å². The fraction of sp³-hybridized carbons (Fsp3) is 0.500. The van der Waals surface area contributed by atoms with Gasteiger partial charge < -0.3 is 4.74 Å². The number of rotatable bonds is 5. The van der Waals surface area contributed by atoms with Crippen molar-refractivity contribution in [1.82, 2.24) is 4.72 Å². The average molecular weight is 338 g/mol. The van der Waals surface area contributed by atoms with Crippen molar-refractivity contribution in [1.29, 1.82) is 5.26 Å². The van der Waals surface area contributed by atoms with Gasteiger partial charge in [-0.2, -0.15) is 9.98 Å². The molecule has 0 spiro atoms. The Morgan fingerprint density at radius 1 is 1.22 bits per heavy atom. The van der Waals surface area contributed by atoms with Gasteiger partial charge >= 0.3 is 5.97 Å². The molecular weight excluding hydrogens is 316 g/mol. The van der Waals surface area contributed by atoms with E-state index in [0.717, 1.165) is 5.56 Å². The number of nitrogens with one attached hydrogen (secondary N) is 1. The SMILES string of the molecule is C[C@H](C#N)OC(=O)[C@H](C)NS(=O)(=O)c1ccc(C(C)(C)C)cc1. The summed E-state index contributed by atoms with van der Waals surface area (Å²) < 4.78 is 31.6. The Hall–Kier alpha value is -1.91.